The van der Waals surface area contributed by atoms with Crippen LogP contribution in [0.25, 0.3) is 0 Å². The molecular formula is C18H32IN7O2. The van der Waals surface area contributed by atoms with E-state index >= 15 is 0 Å². The van der Waals surface area contributed by atoms with Crippen molar-refractivity contribution >= 4 is 47.4 Å². The van der Waals surface area contributed by atoms with Crippen LogP contribution >= 0.6 is 24.0 Å². The van der Waals surface area contributed by atoms with Crippen LogP contribution in [0, 0.1) is 0 Å². The Morgan fingerprint density at radius 3 is 2.54 bits per heavy atom. The van der Waals surface area contributed by atoms with Crippen LogP contribution in [-0.2, 0) is 16.6 Å². The van der Waals surface area contributed by atoms with Gasteiger partial charge in [0.25, 0.3) is 0 Å². The van der Waals surface area contributed by atoms with E-state index < -0.39 is 0 Å². The predicted molar refractivity (Wildman–Crippen MR) is 121 cm³/mol. The number of anilines is 1. The number of carbonyl (C=O) groups excluding carboxylic acids is 2. The summed E-state index contributed by atoms with van der Waals surface area (Å²) in [6.45, 7) is 9.99. The highest BCUT2D eigenvalue weighted by molar-refractivity contribution is 14.0. The van der Waals surface area contributed by atoms with Crippen molar-refractivity contribution in [3.63, 3.8) is 0 Å². The fraction of sp³-hybridized carbons (Fsp3) is 0.667. The zero-order valence-corrected chi connectivity index (χ0v) is 19.5. The quantitative estimate of drug-likeness (QED) is 0.339. The van der Waals surface area contributed by atoms with Gasteiger partial charge in [0, 0.05) is 52.4 Å². The Kier molecular flexibility index (Phi) is 10.3. The average molecular weight is 505 g/mol. The van der Waals surface area contributed by atoms with Crippen molar-refractivity contribution in [3.8, 4) is 0 Å². The van der Waals surface area contributed by atoms with Gasteiger partial charge in [-0.2, -0.15) is 5.10 Å². The second kappa shape index (κ2) is 11.9. The lowest BCUT2D eigenvalue weighted by molar-refractivity contribution is -0.130. The number of halogens is 1. The maximum absolute atomic E-state index is 12.6. The lowest BCUT2D eigenvalue weighted by Crippen LogP contribution is -2.55. The second-order valence-electron chi connectivity index (χ2n) is 6.39. The molecule has 0 unspecified atom stereocenters. The number of carbonyl (C=O) groups is 2. The molecule has 0 aromatic carbocycles. The van der Waals surface area contributed by atoms with Gasteiger partial charge in [-0.15, -0.1) is 24.0 Å². The zero-order valence-electron chi connectivity index (χ0n) is 17.2. The van der Waals surface area contributed by atoms with Crippen molar-refractivity contribution in [3.05, 3.63) is 12.4 Å². The predicted octanol–water partition coefficient (Wildman–Crippen LogP) is 0.911. The largest absolute Gasteiger partial charge is 0.357 e. The minimum absolute atomic E-state index is 0. The van der Waals surface area contributed by atoms with Gasteiger partial charge in [0.15, 0.2) is 5.96 Å². The Hall–Kier alpha value is -1.85. The molecule has 1 fully saturated rings. The highest BCUT2D eigenvalue weighted by atomic mass is 127. The van der Waals surface area contributed by atoms with Crippen LogP contribution in [0.3, 0.4) is 0 Å². The van der Waals surface area contributed by atoms with Gasteiger partial charge in [-0.25, -0.2) is 0 Å². The van der Waals surface area contributed by atoms with E-state index in [4.69, 9.17) is 0 Å². The lowest BCUT2D eigenvalue weighted by Gasteiger charge is -2.35. The van der Waals surface area contributed by atoms with Gasteiger partial charge >= 0.3 is 0 Å². The average Bonchev–Trinajstić information content (AvgIpc) is 3.08. The van der Waals surface area contributed by atoms with Crippen LogP contribution in [-0.4, -0.2) is 83.2 Å². The first-order chi connectivity index (χ1) is 13.0. The molecule has 1 aromatic rings. The van der Waals surface area contributed by atoms with Crippen LogP contribution in [0.2, 0.25) is 0 Å². The number of hydrogen-bond donors (Lipinski definition) is 1. The van der Waals surface area contributed by atoms with Gasteiger partial charge < -0.3 is 20.0 Å². The van der Waals surface area contributed by atoms with E-state index in [1.807, 2.05) is 38.9 Å². The second-order valence-corrected chi connectivity index (χ2v) is 6.39. The molecule has 1 saturated heterocycles. The van der Waals surface area contributed by atoms with Gasteiger partial charge in [0.1, 0.15) is 6.54 Å². The molecule has 1 aromatic heterocycles. The molecule has 0 aliphatic carbocycles. The minimum atomic E-state index is 0. The topological polar surface area (TPSA) is 86.1 Å². The van der Waals surface area contributed by atoms with Gasteiger partial charge in [-0.1, -0.05) is 0 Å². The van der Waals surface area contributed by atoms with Crippen LogP contribution in [0.5, 0.6) is 0 Å². The summed E-state index contributed by atoms with van der Waals surface area (Å²) < 4.78 is 1.69. The van der Waals surface area contributed by atoms with Gasteiger partial charge in [0.05, 0.1) is 18.4 Å². The normalized spacial score (nSPS) is 14.7. The van der Waals surface area contributed by atoms with Gasteiger partial charge in [-0.05, 0) is 20.8 Å². The van der Waals surface area contributed by atoms with E-state index in [2.05, 4.69) is 15.4 Å². The Labute approximate surface area is 184 Å². The molecule has 1 aliphatic heterocycles. The summed E-state index contributed by atoms with van der Waals surface area (Å²) in [5, 5.41) is 7.36. The number of aromatic nitrogens is 2. The van der Waals surface area contributed by atoms with E-state index in [9.17, 15) is 9.59 Å². The van der Waals surface area contributed by atoms with Crippen LogP contribution < -0.4 is 10.2 Å². The van der Waals surface area contributed by atoms with E-state index in [0.29, 0.717) is 51.6 Å². The molecule has 2 amide bonds. The van der Waals surface area contributed by atoms with Crippen molar-refractivity contribution in [2.24, 2.45) is 12.0 Å². The fourth-order valence-corrected chi connectivity index (χ4v) is 3.09. The van der Waals surface area contributed by atoms with Crippen LogP contribution in [0.4, 0.5) is 5.69 Å². The molecule has 0 atom stereocenters. The van der Waals surface area contributed by atoms with Crippen molar-refractivity contribution < 1.29 is 9.59 Å². The molecule has 1 aliphatic rings. The third-order valence-corrected chi connectivity index (χ3v) is 4.56. The number of rotatable bonds is 7. The smallest absolute Gasteiger partial charge is 0.246 e. The number of nitrogens with zero attached hydrogens (tertiary/aromatic N) is 6. The fourth-order valence-electron chi connectivity index (χ4n) is 3.09. The monoisotopic (exact) mass is 505 g/mol. The Morgan fingerprint density at radius 2 is 2.00 bits per heavy atom. The maximum atomic E-state index is 12.6. The molecule has 28 heavy (non-hydrogen) atoms. The van der Waals surface area contributed by atoms with E-state index in [0.717, 1.165) is 5.69 Å². The number of nitrogens with one attached hydrogen (secondary N) is 1. The summed E-state index contributed by atoms with van der Waals surface area (Å²) in [5.74, 6) is 0.806. The van der Waals surface area contributed by atoms with Crippen LogP contribution in [0.15, 0.2) is 17.4 Å². The number of hydrogen-bond acceptors (Lipinski definition) is 4. The number of piperazine rings is 1. The molecule has 0 spiro atoms. The van der Waals surface area contributed by atoms with Crippen molar-refractivity contribution in [2.45, 2.75) is 27.2 Å². The first-order valence-corrected chi connectivity index (χ1v) is 9.60. The standard InChI is InChI=1S/C18H31N7O2.HI/c1-5-19-18(20-9-8-16(26)23(6-2)7-3)24-10-11-25(17(27)14-24)15-12-21-22(4)13-15;/h12-13H,5-11,14H2,1-4H3,(H,19,20);1H. The Bertz CT molecular complexity index is 673. The molecule has 0 bridgehead atoms. The summed E-state index contributed by atoms with van der Waals surface area (Å²) >= 11 is 0. The molecule has 9 nitrogen and oxygen atoms in total. The number of aliphatic imine (C=N–C) groups is 1. The third kappa shape index (κ3) is 6.35. The summed E-state index contributed by atoms with van der Waals surface area (Å²) in [6.07, 6.45) is 3.91. The first kappa shape index (κ1) is 24.2. The molecule has 158 valence electrons. The number of aryl methyl sites for hydroxylation is 1. The van der Waals surface area contributed by atoms with Crippen molar-refractivity contribution in [1.29, 1.82) is 0 Å². The van der Waals surface area contributed by atoms with Crippen molar-refractivity contribution in [1.82, 2.24) is 24.9 Å². The number of amides is 2. The summed E-state index contributed by atoms with van der Waals surface area (Å²) in [5.41, 5.74) is 0.814. The van der Waals surface area contributed by atoms with E-state index in [1.54, 1.807) is 20.7 Å². The molecule has 0 radical (unpaired) electrons. The zero-order chi connectivity index (χ0) is 19.8. The van der Waals surface area contributed by atoms with Gasteiger partial charge in [0.2, 0.25) is 11.8 Å². The number of guanidine groups is 1. The first-order valence-electron chi connectivity index (χ1n) is 9.60. The minimum Gasteiger partial charge on any atom is -0.357 e. The Balaban J connectivity index is 0.00000392. The third-order valence-electron chi connectivity index (χ3n) is 4.56. The molecule has 1 N–H and O–H groups in total. The lowest BCUT2D eigenvalue weighted by atomic mass is 10.3. The van der Waals surface area contributed by atoms with Crippen molar-refractivity contribution in [2.75, 3.05) is 50.7 Å². The molecule has 10 heteroatoms. The molecule has 2 heterocycles. The molecule has 0 saturated carbocycles. The van der Waals surface area contributed by atoms with Crippen LogP contribution in [0.1, 0.15) is 27.2 Å². The molecule has 2 rings (SSSR count). The summed E-state index contributed by atoms with van der Waals surface area (Å²) in [6, 6.07) is 0. The van der Waals surface area contributed by atoms with E-state index in [1.165, 1.54) is 0 Å². The molecular weight excluding hydrogens is 473 g/mol. The maximum Gasteiger partial charge on any atom is 0.246 e. The summed E-state index contributed by atoms with van der Waals surface area (Å²) in [4.78, 5) is 34.8. The highest BCUT2D eigenvalue weighted by Gasteiger charge is 2.27. The Morgan fingerprint density at radius 1 is 1.29 bits per heavy atom. The summed E-state index contributed by atoms with van der Waals surface area (Å²) in [7, 11) is 1.83. The van der Waals surface area contributed by atoms with Gasteiger partial charge in [-0.3, -0.25) is 19.3 Å². The highest BCUT2D eigenvalue weighted by Crippen LogP contribution is 2.16. The SMILES string of the molecule is CCNC(=NCCC(=O)N(CC)CC)N1CCN(c2cnn(C)c2)C(=O)C1.I. The van der Waals surface area contributed by atoms with E-state index in [-0.39, 0.29) is 42.3 Å².